The summed E-state index contributed by atoms with van der Waals surface area (Å²) < 4.78 is 1.07. The lowest BCUT2D eigenvalue weighted by Gasteiger charge is -2.18. The van der Waals surface area contributed by atoms with E-state index < -0.39 is 0 Å². The molecule has 0 bridgehead atoms. The summed E-state index contributed by atoms with van der Waals surface area (Å²) in [7, 11) is 0. The molecule has 2 N–H and O–H groups in total. The molecule has 0 aliphatic rings. The van der Waals surface area contributed by atoms with Crippen molar-refractivity contribution in [3.05, 3.63) is 36.9 Å². The summed E-state index contributed by atoms with van der Waals surface area (Å²) in [5.74, 6) is -0.0389. The minimum atomic E-state index is -0.0389. The topological polar surface area (TPSA) is 59.2 Å². The smallest absolute Gasteiger partial charge is 0.273 e. The van der Waals surface area contributed by atoms with E-state index in [9.17, 15) is 4.79 Å². The molecule has 0 saturated heterocycles. The molecule has 2 heterocycles. The predicted molar refractivity (Wildman–Crippen MR) is 82.4 cm³/mol. The van der Waals surface area contributed by atoms with E-state index >= 15 is 0 Å². The van der Waals surface area contributed by atoms with Gasteiger partial charge >= 0.3 is 0 Å². The summed E-state index contributed by atoms with van der Waals surface area (Å²) >= 11 is 6.50. The van der Waals surface area contributed by atoms with Gasteiger partial charge in [0.15, 0.2) is 0 Å². The second-order valence-electron chi connectivity index (χ2n) is 3.86. The van der Waals surface area contributed by atoms with Crippen molar-refractivity contribution in [1.82, 2.24) is 9.88 Å². The van der Waals surface area contributed by atoms with Crippen LogP contribution >= 0.6 is 38.6 Å². The number of carbonyl (C=O) groups is 1. The Balaban J connectivity index is 2.10. The number of thiophene rings is 1. The molecule has 0 aliphatic carbocycles. The first-order chi connectivity index (χ1) is 9.13. The maximum Gasteiger partial charge on any atom is 0.273 e. The molecule has 0 unspecified atom stereocenters. The highest BCUT2D eigenvalue weighted by molar-refractivity contribution is 9.11. The highest BCUT2D eigenvalue weighted by Crippen LogP contribution is 2.24. The third kappa shape index (κ3) is 3.62. The zero-order valence-electron chi connectivity index (χ0n) is 10.4. The lowest BCUT2D eigenvalue weighted by atomic mass is 10.3. The van der Waals surface area contributed by atoms with E-state index in [1.165, 1.54) is 11.3 Å². The molecule has 0 aliphatic heterocycles. The molecular formula is C12H14BrN3OS2. The van der Waals surface area contributed by atoms with Gasteiger partial charge in [-0.1, -0.05) is 0 Å². The van der Waals surface area contributed by atoms with Gasteiger partial charge in [0.25, 0.3) is 5.91 Å². The molecule has 0 spiro atoms. The van der Waals surface area contributed by atoms with E-state index in [1.807, 2.05) is 19.1 Å². The van der Waals surface area contributed by atoms with Gasteiger partial charge in [-0.15, -0.1) is 22.7 Å². The molecule has 2 aromatic rings. The predicted octanol–water partition coefficient (Wildman–Crippen LogP) is 3.09. The van der Waals surface area contributed by atoms with Crippen LogP contribution in [0.4, 0.5) is 0 Å². The van der Waals surface area contributed by atoms with Gasteiger partial charge in [0.2, 0.25) is 0 Å². The van der Waals surface area contributed by atoms with Crippen LogP contribution in [0.1, 0.15) is 27.3 Å². The Labute approximate surface area is 128 Å². The van der Waals surface area contributed by atoms with E-state index in [0.717, 1.165) is 13.7 Å². The summed E-state index contributed by atoms with van der Waals surface area (Å²) in [6.07, 6.45) is 0. The summed E-state index contributed by atoms with van der Waals surface area (Å²) in [6.45, 7) is 3.61. The Bertz CT molecular complexity index is 567. The number of hydrogen-bond donors (Lipinski definition) is 1. The zero-order valence-corrected chi connectivity index (χ0v) is 13.6. The molecule has 0 saturated carbocycles. The van der Waals surface area contributed by atoms with Crippen molar-refractivity contribution in [3.63, 3.8) is 0 Å². The summed E-state index contributed by atoms with van der Waals surface area (Å²) in [5.41, 5.74) is 6.01. The number of amides is 1. The fraction of sp³-hybridized carbons (Fsp3) is 0.333. The van der Waals surface area contributed by atoms with Crippen LogP contribution in [-0.2, 0) is 13.1 Å². The fourth-order valence-electron chi connectivity index (χ4n) is 1.62. The van der Waals surface area contributed by atoms with Gasteiger partial charge in [0.1, 0.15) is 10.7 Å². The van der Waals surface area contributed by atoms with Crippen molar-refractivity contribution in [2.75, 3.05) is 6.54 Å². The van der Waals surface area contributed by atoms with Crippen molar-refractivity contribution in [1.29, 1.82) is 0 Å². The second kappa shape index (κ2) is 6.60. The molecule has 0 atom stereocenters. The van der Waals surface area contributed by atoms with Gasteiger partial charge in [-0.05, 0) is 35.0 Å². The SMILES string of the molecule is CCN(Cc1ccc(Br)s1)C(=O)c1csc(CN)n1. The highest BCUT2D eigenvalue weighted by atomic mass is 79.9. The minimum absolute atomic E-state index is 0.0389. The van der Waals surface area contributed by atoms with Gasteiger partial charge in [-0.3, -0.25) is 4.79 Å². The van der Waals surface area contributed by atoms with Crippen LogP contribution in [0.3, 0.4) is 0 Å². The van der Waals surface area contributed by atoms with Crippen molar-refractivity contribution in [2.24, 2.45) is 5.73 Å². The number of nitrogens with zero attached hydrogens (tertiary/aromatic N) is 2. The molecule has 102 valence electrons. The quantitative estimate of drug-likeness (QED) is 0.892. The van der Waals surface area contributed by atoms with Crippen LogP contribution in [0.5, 0.6) is 0 Å². The largest absolute Gasteiger partial charge is 0.332 e. The number of carbonyl (C=O) groups excluding carboxylic acids is 1. The molecule has 0 radical (unpaired) electrons. The zero-order chi connectivity index (χ0) is 13.8. The Morgan fingerprint density at radius 2 is 2.32 bits per heavy atom. The van der Waals surface area contributed by atoms with Crippen LogP contribution in [-0.4, -0.2) is 22.3 Å². The maximum atomic E-state index is 12.3. The third-order valence-electron chi connectivity index (χ3n) is 2.59. The third-order valence-corrected chi connectivity index (χ3v) is 5.07. The maximum absolute atomic E-state index is 12.3. The molecule has 4 nitrogen and oxygen atoms in total. The van der Waals surface area contributed by atoms with Crippen molar-refractivity contribution in [2.45, 2.75) is 20.0 Å². The average molecular weight is 360 g/mol. The van der Waals surface area contributed by atoms with E-state index in [-0.39, 0.29) is 5.91 Å². The summed E-state index contributed by atoms with van der Waals surface area (Å²) in [4.78, 5) is 19.5. The van der Waals surface area contributed by atoms with Gasteiger partial charge in [0, 0.05) is 23.3 Å². The Hall–Kier alpha value is -0.760. The lowest BCUT2D eigenvalue weighted by Crippen LogP contribution is -2.30. The van der Waals surface area contributed by atoms with Gasteiger partial charge < -0.3 is 10.6 Å². The van der Waals surface area contributed by atoms with Gasteiger partial charge in [0.05, 0.1) is 10.3 Å². The normalized spacial score (nSPS) is 10.7. The van der Waals surface area contributed by atoms with Crippen molar-refractivity contribution in [3.8, 4) is 0 Å². The lowest BCUT2D eigenvalue weighted by molar-refractivity contribution is 0.0749. The summed E-state index contributed by atoms with van der Waals surface area (Å²) in [6, 6.07) is 4.02. The molecule has 7 heteroatoms. The number of aromatic nitrogens is 1. The highest BCUT2D eigenvalue weighted by Gasteiger charge is 2.18. The first-order valence-corrected chi connectivity index (χ1v) is 8.31. The standard InChI is InChI=1S/C12H14BrN3OS2/c1-2-16(6-8-3-4-10(13)19-8)12(17)9-7-18-11(5-14)15-9/h3-4,7H,2,5-6,14H2,1H3. The molecule has 1 amide bonds. The number of halogens is 1. The molecule has 0 aromatic carbocycles. The molecule has 2 aromatic heterocycles. The first-order valence-electron chi connectivity index (χ1n) is 5.82. The minimum Gasteiger partial charge on any atom is -0.332 e. The van der Waals surface area contributed by atoms with E-state index in [0.29, 0.717) is 25.3 Å². The molecular weight excluding hydrogens is 346 g/mol. The number of hydrogen-bond acceptors (Lipinski definition) is 5. The first kappa shape index (κ1) is 14.6. The molecule has 2 rings (SSSR count). The molecule has 19 heavy (non-hydrogen) atoms. The number of rotatable bonds is 5. The molecule has 0 fully saturated rings. The van der Waals surface area contributed by atoms with Crippen LogP contribution in [0.15, 0.2) is 21.3 Å². The van der Waals surface area contributed by atoms with Crippen molar-refractivity contribution >= 4 is 44.5 Å². The van der Waals surface area contributed by atoms with Gasteiger partial charge in [-0.2, -0.15) is 0 Å². The summed E-state index contributed by atoms with van der Waals surface area (Å²) in [5, 5.41) is 2.57. The fourth-order valence-corrected chi connectivity index (χ4v) is 3.76. The van der Waals surface area contributed by atoms with Crippen LogP contribution < -0.4 is 5.73 Å². The van der Waals surface area contributed by atoms with Crippen LogP contribution in [0.2, 0.25) is 0 Å². The Morgan fingerprint density at radius 1 is 1.53 bits per heavy atom. The Kier molecular flexibility index (Phi) is 5.09. The van der Waals surface area contributed by atoms with E-state index in [4.69, 9.17) is 5.73 Å². The van der Waals surface area contributed by atoms with Crippen molar-refractivity contribution < 1.29 is 4.79 Å². The number of thiazole rings is 1. The monoisotopic (exact) mass is 359 g/mol. The van der Waals surface area contributed by atoms with E-state index in [2.05, 4.69) is 20.9 Å². The van der Waals surface area contributed by atoms with Gasteiger partial charge in [-0.25, -0.2) is 4.98 Å². The van der Waals surface area contributed by atoms with E-state index in [1.54, 1.807) is 21.6 Å². The number of nitrogens with two attached hydrogens (primary N) is 1. The Morgan fingerprint density at radius 3 is 2.84 bits per heavy atom. The van der Waals surface area contributed by atoms with Crippen LogP contribution in [0.25, 0.3) is 0 Å². The second-order valence-corrected chi connectivity index (χ2v) is 7.35. The van der Waals surface area contributed by atoms with Crippen LogP contribution in [0, 0.1) is 0 Å². The average Bonchev–Trinajstić information content (AvgIpc) is 3.04.